The first-order valence-corrected chi connectivity index (χ1v) is 6.27. The third-order valence-corrected chi connectivity index (χ3v) is 3.23. The summed E-state index contributed by atoms with van der Waals surface area (Å²) in [6.45, 7) is 0.765. The lowest BCUT2D eigenvalue weighted by Crippen LogP contribution is -2.47. The summed E-state index contributed by atoms with van der Waals surface area (Å²) in [5.41, 5.74) is 0.905. The van der Waals surface area contributed by atoms with E-state index < -0.39 is 17.9 Å². The first-order valence-electron chi connectivity index (χ1n) is 6.27. The maximum atomic E-state index is 12.0. The third-order valence-electron chi connectivity index (χ3n) is 3.23. The maximum Gasteiger partial charge on any atom is 0.317 e. The highest BCUT2D eigenvalue weighted by Crippen LogP contribution is 2.14. The Labute approximate surface area is 116 Å². The van der Waals surface area contributed by atoms with Crippen LogP contribution in [0.1, 0.15) is 5.56 Å². The third kappa shape index (κ3) is 3.27. The summed E-state index contributed by atoms with van der Waals surface area (Å²) >= 11 is 0. The summed E-state index contributed by atoms with van der Waals surface area (Å²) in [6, 6.07) is -0.813. The number of ether oxygens (including phenoxy) is 1. The smallest absolute Gasteiger partial charge is 0.317 e. The fraction of sp³-hybridized carbons (Fsp3) is 0.583. The lowest BCUT2D eigenvalue weighted by Gasteiger charge is -2.21. The second-order valence-corrected chi connectivity index (χ2v) is 4.92. The van der Waals surface area contributed by atoms with E-state index in [-0.39, 0.29) is 19.2 Å². The molecular weight excluding hydrogens is 264 g/mol. The van der Waals surface area contributed by atoms with Crippen LogP contribution in [0.4, 0.5) is 4.79 Å². The summed E-state index contributed by atoms with van der Waals surface area (Å²) in [5, 5.41) is 15.7. The number of nitrogens with zero attached hydrogens (tertiary/aromatic N) is 3. The number of aromatic nitrogens is 2. The van der Waals surface area contributed by atoms with Crippen molar-refractivity contribution >= 4 is 12.0 Å². The molecule has 0 spiro atoms. The van der Waals surface area contributed by atoms with Crippen molar-refractivity contribution in [2.24, 2.45) is 13.0 Å². The number of rotatable bonds is 4. The Bertz CT molecular complexity index is 501. The number of aryl methyl sites for hydroxylation is 1. The number of nitrogens with one attached hydrogen (secondary N) is 1. The Morgan fingerprint density at radius 3 is 2.95 bits per heavy atom. The minimum Gasteiger partial charge on any atom is -0.481 e. The van der Waals surface area contributed by atoms with Gasteiger partial charge >= 0.3 is 12.0 Å². The first kappa shape index (κ1) is 14.3. The zero-order valence-corrected chi connectivity index (χ0v) is 11.4. The van der Waals surface area contributed by atoms with E-state index in [0.29, 0.717) is 6.54 Å². The molecule has 1 aromatic rings. The van der Waals surface area contributed by atoms with E-state index in [9.17, 15) is 9.59 Å². The summed E-state index contributed by atoms with van der Waals surface area (Å²) in [5.74, 6) is -1.64. The summed E-state index contributed by atoms with van der Waals surface area (Å²) < 4.78 is 6.76. The monoisotopic (exact) mass is 282 g/mol. The van der Waals surface area contributed by atoms with Crippen molar-refractivity contribution in [2.75, 3.05) is 20.3 Å². The Morgan fingerprint density at radius 1 is 1.60 bits per heavy atom. The lowest BCUT2D eigenvalue weighted by atomic mass is 10.0. The van der Waals surface area contributed by atoms with Crippen molar-refractivity contribution in [2.45, 2.75) is 12.6 Å². The highest BCUT2D eigenvalue weighted by atomic mass is 16.5. The molecule has 1 saturated heterocycles. The van der Waals surface area contributed by atoms with Crippen molar-refractivity contribution in [3.05, 3.63) is 18.0 Å². The van der Waals surface area contributed by atoms with Gasteiger partial charge in [0.15, 0.2) is 0 Å². The van der Waals surface area contributed by atoms with Crippen molar-refractivity contribution in [1.29, 1.82) is 0 Å². The van der Waals surface area contributed by atoms with Crippen LogP contribution in [0.2, 0.25) is 0 Å². The van der Waals surface area contributed by atoms with E-state index in [1.807, 2.05) is 6.20 Å². The molecule has 110 valence electrons. The number of aliphatic carboxylic acids is 1. The molecule has 1 aliphatic rings. The lowest BCUT2D eigenvalue weighted by molar-refractivity contribution is -0.142. The van der Waals surface area contributed by atoms with E-state index in [4.69, 9.17) is 9.84 Å². The van der Waals surface area contributed by atoms with Crippen LogP contribution >= 0.6 is 0 Å². The number of carbonyl (C=O) groups is 2. The van der Waals surface area contributed by atoms with Crippen LogP contribution < -0.4 is 5.32 Å². The molecule has 0 aliphatic carbocycles. The molecule has 2 unspecified atom stereocenters. The predicted molar refractivity (Wildman–Crippen MR) is 68.9 cm³/mol. The normalized spacial score (nSPS) is 21.7. The number of urea groups is 1. The molecule has 1 aliphatic heterocycles. The number of amides is 2. The van der Waals surface area contributed by atoms with E-state index in [1.165, 1.54) is 4.90 Å². The molecule has 2 heterocycles. The van der Waals surface area contributed by atoms with Crippen LogP contribution in [0.5, 0.6) is 0 Å². The molecule has 0 radical (unpaired) electrons. The van der Waals surface area contributed by atoms with Gasteiger partial charge in [0, 0.05) is 25.9 Å². The van der Waals surface area contributed by atoms with Gasteiger partial charge in [0.05, 0.1) is 32.0 Å². The van der Waals surface area contributed by atoms with Gasteiger partial charge in [0.2, 0.25) is 0 Å². The Kier molecular flexibility index (Phi) is 4.23. The van der Waals surface area contributed by atoms with Crippen LogP contribution in [0, 0.1) is 5.92 Å². The topological polar surface area (TPSA) is 96.7 Å². The molecule has 20 heavy (non-hydrogen) atoms. The number of carboxylic acid groups (broad SMARTS) is 1. The number of hydrogen-bond donors (Lipinski definition) is 2. The van der Waals surface area contributed by atoms with E-state index in [0.717, 1.165) is 5.56 Å². The average molecular weight is 282 g/mol. The van der Waals surface area contributed by atoms with Crippen molar-refractivity contribution < 1.29 is 19.4 Å². The Hall–Kier alpha value is -2.09. The predicted octanol–water partition coefficient (Wildman–Crippen LogP) is -0.339. The van der Waals surface area contributed by atoms with Gasteiger partial charge in [-0.1, -0.05) is 0 Å². The summed E-state index contributed by atoms with van der Waals surface area (Å²) in [6.07, 6.45) is 3.50. The van der Waals surface area contributed by atoms with Gasteiger partial charge in [-0.05, 0) is 0 Å². The molecule has 0 saturated carbocycles. The number of carbonyl (C=O) groups excluding carboxylic acids is 1. The molecule has 2 N–H and O–H groups in total. The van der Waals surface area contributed by atoms with Crippen molar-refractivity contribution in [3.8, 4) is 0 Å². The van der Waals surface area contributed by atoms with Gasteiger partial charge in [0.25, 0.3) is 0 Å². The molecule has 2 atom stereocenters. The van der Waals surface area contributed by atoms with Gasteiger partial charge < -0.3 is 20.1 Å². The SMILES string of the molecule is CN(Cc1cnn(C)c1)C(=O)NC1COCC1C(=O)O. The fourth-order valence-corrected chi connectivity index (χ4v) is 2.11. The summed E-state index contributed by atoms with van der Waals surface area (Å²) in [4.78, 5) is 24.5. The Balaban J connectivity index is 1.89. The largest absolute Gasteiger partial charge is 0.481 e. The molecule has 0 bridgehead atoms. The van der Waals surface area contributed by atoms with E-state index in [1.54, 1.807) is 25.0 Å². The molecule has 2 amide bonds. The highest BCUT2D eigenvalue weighted by Gasteiger charge is 2.35. The zero-order chi connectivity index (χ0) is 14.7. The molecule has 8 nitrogen and oxygen atoms in total. The van der Waals surface area contributed by atoms with Gasteiger partial charge in [-0.15, -0.1) is 0 Å². The molecule has 1 aromatic heterocycles. The molecule has 8 heteroatoms. The van der Waals surface area contributed by atoms with Crippen molar-refractivity contribution in [3.63, 3.8) is 0 Å². The molecular formula is C12H18N4O4. The van der Waals surface area contributed by atoms with Gasteiger partial charge in [0.1, 0.15) is 5.92 Å². The zero-order valence-electron chi connectivity index (χ0n) is 11.4. The van der Waals surface area contributed by atoms with Crippen LogP contribution in [0.3, 0.4) is 0 Å². The molecule has 2 rings (SSSR count). The first-order chi connectivity index (χ1) is 9.47. The second kappa shape index (κ2) is 5.91. The minimum atomic E-state index is -0.956. The van der Waals surface area contributed by atoms with Gasteiger partial charge in [-0.3, -0.25) is 9.48 Å². The van der Waals surface area contributed by atoms with Crippen molar-refractivity contribution in [1.82, 2.24) is 20.0 Å². The Morgan fingerprint density at radius 2 is 2.35 bits per heavy atom. The maximum absolute atomic E-state index is 12.0. The average Bonchev–Trinajstić information content (AvgIpc) is 2.98. The summed E-state index contributed by atoms with van der Waals surface area (Å²) in [7, 11) is 3.45. The highest BCUT2D eigenvalue weighted by molar-refractivity contribution is 5.77. The fourth-order valence-electron chi connectivity index (χ4n) is 2.11. The van der Waals surface area contributed by atoms with Crippen LogP contribution in [0.15, 0.2) is 12.4 Å². The van der Waals surface area contributed by atoms with Crippen LogP contribution in [-0.4, -0.2) is 58.1 Å². The second-order valence-electron chi connectivity index (χ2n) is 4.92. The van der Waals surface area contributed by atoms with Gasteiger partial charge in [-0.25, -0.2) is 4.79 Å². The quantitative estimate of drug-likeness (QED) is 0.787. The number of hydrogen-bond acceptors (Lipinski definition) is 4. The van der Waals surface area contributed by atoms with E-state index in [2.05, 4.69) is 10.4 Å². The van der Waals surface area contributed by atoms with Gasteiger partial charge in [-0.2, -0.15) is 5.10 Å². The number of carboxylic acids is 1. The van der Waals surface area contributed by atoms with Crippen LogP contribution in [-0.2, 0) is 23.1 Å². The van der Waals surface area contributed by atoms with E-state index >= 15 is 0 Å². The minimum absolute atomic E-state index is 0.132. The molecule has 0 aromatic carbocycles. The van der Waals surface area contributed by atoms with Crippen LogP contribution in [0.25, 0.3) is 0 Å². The standard InChI is InChI=1S/C12H18N4O4/c1-15(4-8-3-13-16(2)5-8)12(19)14-10-7-20-6-9(10)11(17)18/h3,5,9-10H,4,6-7H2,1-2H3,(H,14,19)(H,17,18). The molecule has 1 fully saturated rings.